The lowest BCUT2D eigenvalue weighted by Gasteiger charge is -2.02. The molecule has 9 nitrogen and oxygen atoms in total. The van der Waals surface area contributed by atoms with Gasteiger partial charge in [-0.3, -0.25) is 24.9 Å². The zero-order valence-corrected chi connectivity index (χ0v) is 14.2. The van der Waals surface area contributed by atoms with E-state index in [0.717, 1.165) is 16.5 Å². The Morgan fingerprint density at radius 3 is 2.68 bits per heavy atom. The molecule has 0 amide bonds. The van der Waals surface area contributed by atoms with Crippen LogP contribution in [0.2, 0.25) is 0 Å². The van der Waals surface area contributed by atoms with Gasteiger partial charge in [-0.2, -0.15) is 0 Å². The van der Waals surface area contributed by atoms with Gasteiger partial charge in [-0.1, -0.05) is 18.2 Å². The highest BCUT2D eigenvalue weighted by atomic mass is 16.6. The smallest absolute Gasteiger partial charge is 0.357 e. The molecule has 9 heteroatoms. The molecule has 0 bridgehead atoms. The number of pyridine rings is 1. The fraction of sp³-hybridized carbons (Fsp3) is 0. The molecule has 0 radical (unpaired) electrons. The fourth-order valence-corrected chi connectivity index (χ4v) is 2.85. The minimum absolute atomic E-state index is 0.219. The Morgan fingerprint density at radius 2 is 1.86 bits per heavy atom. The van der Waals surface area contributed by atoms with E-state index in [-0.39, 0.29) is 5.69 Å². The highest BCUT2D eigenvalue weighted by Gasteiger charge is 2.19. The van der Waals surface area contributed by atoms with Gasteiger partial charge in [-0.05, 0) is 36.4 Å². The Morgan fingerprint density at radius 1 is 1.04 bits per heavy atom. The van der Waals surface area contributed by atoms with E-state index in [1.54, 1.807) is 18.3 Å². The number of nitro groups is 1. The number of H-pyrrole nitrogens is 2. The third-order valence-electron chi connectivity index (χ3n) is 4.07. The predicted octanol–water partition coefficient (Wildman–Crippen LogP) is 2.95. The van der Waals surface area contributed by atoms with Crippen LogP contribution in [0.25, 0.3) is 34.4 Å². The zero-order valence-electron chi connectivity index (χ0n) is 14.2. The quantitative estimate of drug-likeness (QED) is 0.415. The third kappa shape index (κ3) is 3.12. The van der Waals surface area contributed by atoms with Crippen molar-refractivity contribution in [1.29, 1.82) is 0 Å². The first-order valence-corrected chi connectivity index (χ1v) is 8.16. The van der Waals surface area contributed by atoms with Crippen LogP contribution in [0.1, 0.15) is 11.5 Å². The van der Waals surface area contributed by atoms with Crippen LogP contribution in [-0.4, -0.2) is 19.9 Å². The lowest BCUT2D eigenvalue weighted by Crippen LogP contribution is -2.25. The number of nitrogens with zero attached hydrogens (tertiary/aromatic N) is 2. The van der Waals surface area contributed by atoms with Crippen molar-refractivity contribution >= 4 is 28.7 Å². The van der Waals surface area contributed by atoms with Gasteiger partial charge in [0.1, 0.15) is 17.2 Å². The number of nitrogens with one attached hydrogen (secondary N) is 2. The summed E-state index contributed by atoms with van der Waals surface area (Å²) in [5, 5.41) is 12.0. The molecule has 0 atom stereocenters. The van der Waals surface area contributed by atoms with Gasteiger partial charge in [0.25, 0.3) is 0 Å². The molecule has 0 unspecified atom stereocenters. The Balaban J connectivity index is 1.73. The maximum Gasteiger partial charge on any atom is 0.357 e. The van der Waals surface area contributed by atoms with Crippen LogP contribution in [0, 0.1) is 10.1 Å². The molecule has 2 N–H and O–H groups in total. The summed E-state index contributed by atoms with van der Waals surface area (Å²) in [6.45, 7) is 0. The summed E-state index contributed by atoms with van der Waals surface area (Å²) in [5.74, 6) is 0.955. The second-order valence-corrected chi connectivity index (χ2v) is 5.84. The molecule has 3 aromatic heterocycles. The lowest BCUT2D eigenvalue weighted by atomic mass is 10.1. The number of fused-ring (bicyclic) bond motifs is 1. The van der Waals surface area contributed by atoms with E-state index in [4.69, 9.17) is 4.42 Å². The number of furan rings is 1. The summed E-state index contributed by atoms with van der Waals surface area (Å²) in [6, 6.07) is 12.9. The Bertz CT molecular complexity index is 1340. The molecular weight excluding hydrogens is 364 g/mol. The van der Waals surface area contributed by atoms with E-state index in [0.29, 0.717) is 11.5 Å². The molecule has 0 aliphatic rings. The summed E-state index contributed by atoms with van der Waals surface area (Å²) in [5.41, 5.74) is -1.30. The first kappa shape index (κ1) is 17.2. The number of hydrogen-bond donors (Lipinski definition) is 2. The molecule has 3 heterocycles. The van der Waals surface area contributed by atoms with Crippen molar-refractivity contribution in [3.8, 4) is 11.3 Å². The second-order valence-electron chi connectivity index (χ2n) is 5.84. The van der Waals surface area contributed by atoms with Crippen molar-refractivity contribution in [3.63, 3.8) is 0 Å². The second kappa shape index (κ2) is 6.80. The Hall–Kier alpha value is -4.27. The molecule has 28 heavy (non-hydrogen) atoms. The topological polar surface area (TPSA) is 135 Å². The molecule has 1 aromatic carbocycles. The van der Waals surface area contributed by atoms with Crippen LogP contribution in [0.5, 0.6) is 0 Å². The average molecular weight is 376 g/mol. The highest BCUT2D eigenvalue weighted by molar-refractivity contribution is 5.92. The van der Waals surface area contributed by atoms with Crippen molar-refractivity contribution < 1.29 is 9.34 Å². The average Bonchev–Trinajstić information content (AvgIpc) is 3.14. The van der Waals surface area contributed by atoms with Crippen molar-refractivity contribution in [2.75, 3.05) is 0 Å². The van der Waals surface area contributed by atoms with Crippen molar-refractivity contribution in [3.05, 3.63) is 91.1 Å². The highest BCUT2D eigenvalue weighted by Crippen LogP contribution is 2.29. The third-order valence-corrected chi connectivity index (χ3v) is 4.07. The molecule has 0 aliphatic heterocycles. The minimum Gasteiger partial charge on any atom is -0.457 e. The molecule has 4 rings (SSSR count). The van der Waals surface area contributed by atoms with E-state index < -0.39 is 21.9 Å². The summed E-state index contributed by atoms with van der Waals surface area (Å²) in [4.78, 5) is 41.7. The number of aromatic amines is 2. The molecule has 0 aliphatic carbocycles. The first-order chi connectivity index (χ1) is 13.5. The summed E-state index contributed by atoms with van der Waals surface area (Å²) in [7, 11) is 0. The van der Waals surface area contributed by atoms with Crippen molar-refractivity contribution in [2.24, 2.45) is 0 Å². The molecule has 0 saturated heterocycles. The van der Waals surface area contributed by atoms with Gasteiger partial charge in [0.05, 0.1) is 10.4 Å². The SMILES string of the molecule is O=c1[nH]c(C=Cc2ccc(-c3cccc4cccnc34)o2)c([N+](=O)[O-])c(=O)[nH]1. The summed E-state index contributed by atoms with van der Waals surface area (Å²) >= 11 is 0. The van der Waals surface area contributed by atoms with E-state index in [1.165, 1.54) is 12.2 Å². The molecular formula is C19H12N4O5. The van der Waals surface area contributed by atoms with E-state index >= 15 is 0 Å². The molecule has 138 valence electrons. The van der Waals surface area contributed by atoms with Gasteiger partial charge >= 0.3 is 16.9 Å². The monoisotopic (exact) mass is 376 g/mol. The number of aromatic nitrogens is 3. The largest absolute Gasteiger partial charge is 0.457 e. The normalized spacial score (nSPS) is 11.3. The standard InChI is InChI=1S/C19H12N4O5/c24-18-17(23(26)27)14(21-19(25)22-18)8-6-12-7-9-15(28-12)13-5-1-3-11-4-2-10-20-16(11)13/h1-10H,(H2,21,22,24,25). The number of hydrogen-bond acceptors (Lipinski definition) is 6. The summed E-state index contributed by atoms with van der Waals surface area (Å²) in [6.07, 6.45) is 4.37. The predicted molar refractivity (Wildman–Crippen MR) is 103 cm³/mol. The van der Waals surface area contributed by atoms with Gasteiger partial charge in [0.2, 0.25) is 0 Å². The van der Waals surface area contributed by atoms with Gasteiger partial charge in [0, 0.05) is 17.1 Å². The number of benzene rings is 1. The lowest BCUT2D eigenvalue weighted by molar-refractivity contribution is -0.386. The van der Waals surface area contributed by atoms with Crippen LogP contribution in [-0.2, 0) is 0 Å². The van der Waals surface area contributed by atoms with E-state index in [9.17, 15) is 19.7 Å². The zero-order chi connectivity index (χ0) is 19.7. The van der Waals surface area contributed by atoms with E-state index in [1.807, 2.05) is 35.3 Å². The number of para-hydroxylation sites is 1. The van der Waals surface area contributed by atoms with Gasteiger partial charge in [-0.25, -0.2) is 4.79 Å². The van der Waals surface area contributed by atoms with Gasteiger partial charge in [-0.15, -0.1) is 0 Å². The van der Waals surface area contributed by atoms with Crippen LogP contribution in [0.3, 0.4) is 0 Å². The van der Waals surface area contributed by atoms with Crippen LogP contribution in [0.4, 0.5) is 5.69 Å². The molecule has 0 fully saturated rings. The maximum atomic E-state index is 11.6. The summed E-state index contributed by atoms with van der Waals surface area (Å²) < 4.78 is 5.79. The molecule has 0 spiro atoms. The van der Waals surface area contributed by atoms with Crippen molar-refractivity contribution in [2.45, 2.75) is 0 Å². The number of rotatable bonds is 4. The van der Waals surface area contributed by atoms with Crippen molar-refractivity contribution in [1.82, 2.24) is 15.0 Å². The maximum absolute atomic E-state index is 11.6. The van der Waals surface area contributed by atoms with E-state index in [2.05, 4.69) is 9.97 Å². The first-order valence-electron chi connectivity index (χ1n) is 8.16. The fourth-order valence-electron chi connectivity index (χ4n) is 2.85. The van der Waals surface area contributed by atoms with Crippen LogP contribution in [0.15, 0.2) is 62.7 Å². The Labute approximate surface area is 156 Å². The van der Waals surface area contributed by atoms with Crippen LogP contribution >= 0.6 is 0 Å². The molecule has 4 aromatic rings. The Kier molecular flexibility index (Phi) is 4.17. The van der Waals surface area contributed by atoms with Gasteiger partial charge in [0.15, 0.2) is 0 Å². The molecule has 0 saturated carbocycles. The van der Waals surface area contributed by atoms with Crippen LogP contribution < -0.4 is 11.2 Å². The minimum atomic E-state index is -1.07. The van der Waals surface area contributed by atoms with Gasteiger partial charge < -0.3 is 9.40 Å².